The molecular weight excluding hydrogens is 165 g/mol. The van der Waals surface area contributed by atoms with E-state index in [0.717, 1.165) is 17.7 Å². The molecule has 0 bridgehead atoms. The summed E-state index contributed by atoms with van der Waals surface area (Å²) in [7, 11) is 0. The van der Waals surface area contributed by atoms with Crippen molar-refractivity contribution >= 4 is 0 Å². The van der Waals surface area contributed by atoms with Crippen molar-refractivity contribution in [1.29, 1.82) is 0 Å². The average Bonchev–Trinajstić information content (AvgIpc) is 2.54. The number of rotatable bonds is 1. The molecule has 1 aliphatic heterocycles. The van der Waals surface area contributed by atoms with Crippen LogP contribution in [0, 0.1) is 6.92 Å². The van der Waals surface area contributed by atoms with Gasteiger partial charge < -0.3 is 5.32 Å². The van der Waals surface area contributed by atoms with Crippen LogP contribution in [0.2, 0.25) is 0 Å². The van der Waals surface area contributed by atoms with Crippen LogP contribution in [0.25, 0.3) is 0 Å². The van der Waals surface area contributed by atoms with Gasteiger partial charge >= 0.3 is 0 Å². The Labute approximate surface area is 78.0 Å². The maximum Gasteiger partial charge on any atom is 0.149 e. The third kappa shape index (κ3) is 1.59. The lowest BCUT2D eigenvalue weighted by molar-refractivity contribution is 0.193. The van der Waals surface area contributed by atoms with Gasteiger partial charge in [-0.1, -0.05) is 29.8 Å². The van der Waals surface area contributed by atoms with Crippen molar-refractivity contribution in [2.45, 2.75) is 19.0 Å². The molecule has 0 aromatic heterocycles. The molecule has 13 heavy (non-hydrogen) atoms. The first-order valence-electron chi connectivity index (χ1n) is 4.67. The van der Waals surface area contributed by atoms with E-state index in [0.29, 0.717) is 13.0 Å². The standard InChI is InChI=1S/C11H14FN/c1-9-3-2-4-10(7-9)11(12)5-6-13-8-11/h2-4,7,13H,5-6,8H2,1H3/t11-/m0/s1. The van der Waals surface area contributed by atoms with Crippen molar-refractivity contribution in [1.82, 2.24) is 5.32 Å². The van der Waals surface area contributed by atoms with Crippen molar-refractivity contribution < 1.29 is 4.39 Å². The zero-order valence-electron chi connectivity index (χ0n) is 7.81. The minimum Gasteiger partial charge on any atom is -0.313 e. The van der Waals surface area contributed by atoms with Gasteiger partial charge in [0.1, 0.15) is 5.67 Å². The van der Waals surface area contributed by atoms with Crippen LogP contribution < -0.4 is 5.32 Å². The summed E-state index contributed by atoms with van der Waals surface area (Å²) in [6.07, 6.45) is 0.594. The number of halogens is 1. The Kier molecular flexibility index (Phi) is 2.08. The third-order valence-electron chi connectivity index (χ3n) is 2.64. The second kappa shape index (κ2) is 3.11. The number of nitrogens with one attached hydrogen (secondary N) is 1. The first-order chi connectivity index (χ1) is 6.21. The van der Waals surface area contributed by atoms with Gasteiger partial charge in [0, 0.05) is 6.54 Å². The molecule has 0 spiro atoms. The Morgan fingerprint density at radius 2 is 2.31 bits per heavy atom. The van der Waals surface area contributed by atoms with E-state index in [1.807, 2.05) is 31.2 Å². The van der Waals surface area contributed by atoms with Crippen molar-refractivity contribution in [2.24, 2.45) is 0 Å². The summed E-state index contributed by atoms with van der Waals surface area (Å²) in [5.41, 5.74) is 0.811. The summed E-state index contributed by atoms with van der Waals surface area (Å²) in [6, 6.07) is 7.73. The summed E-state index contributed by atoms with van der Waals surface area (Å²) >= 11 is 0. The van der Waals surface area contributed by atoms with Gasteiger partial charge in [0.2, 0.25) is 0 Å². The molecule has 1 nitrogen and oxygen atoms in total. The maximum absolute atomic E-state index is 14.2. The second-order valence-corrected chi connectivity index (χ2v) is 3.76. The van der Waals surface area contributed by atoms with Gasteiger partial charge in [0.25, 0.3) is 0 Å². The first-order valence-corrected chi connectivity index (χ1v) is 4.67. The van der Waals surface area contributed by atoms with E-state index in [1.54, 1.807) is 0 Å². The fourth-order valence-electron chi connectivity index (χ4n) is 1.83. The largest absolute Gasteiger partial charge is 0.313 e. The SMILES string of the molecule is Cc1cccc([C@]2(F)CCNC2)c1. The highest BCUT2D eigenvalue weighted by molar-refractivity contribution is 5.28. The third-order valence-corrected chi connectivity index (χ3v) is 2.64. The fraction of sp³-hybridized carbons (Fsp3) is 0.455. The highest BCUT2D eigenvalue weighted by Crippen LogP contribution is 2.32. The summed E-state index contributed by atoms with van der Waals surface area (Å²) in [5, 5.41) is 3.06. The van der Waals surface area contributed by atoms with E-state index in [2.05, 4.69) is 5.32 Å². The zero-order valence-corrected chi connectivity index (χ0v) is 7.81. The van der Waals surface area contributed by atoms with Crippen molar-refractivity contribution in [3.63, 3.8) is 0 Å². The van der Waals surface area contributed by atoms with Crippen LogP contribution in [0.15, 0.2) is 24.3 Å². The number of benzene rings is 1. The second-order valence-electron chi connectivity index (χ2n) is 3.76. The zero-order chi connectivity index (χ0) is 9.31. The summed E-state index contributed by atoms with van der Waals surface area (Å²) in [4.78, 5) is 0. The number of aryl methyl sites for hydroxylation is 1. The van der Waals surface area contributed by atoms with Gasteiger partial charge in [-0.25, -0.2) is 4.39 Å². The lowest BCUT2D eigenvalue weighted by Crippen LogP contribution is -2.23. The normalized spacial score (nSPS) is 27.8. The van der Waals surface area contributed by atoms with E-state index < -0.39 is 5.67 Å². The van der Waals surface area contributed by atoms with Gasteiger partial charge in [-0.3, -0.25) is 0 Å². The van der Waals surface area contributed by atoms with E-state index in [4.69, 9.17) is 0 Å². The van der Waals surface area contributed by atoms with Crippen LogP contribution in [-0.2, 0) is 5.67 Å². The fourth-order valence-corrected chi connectivity index (χ4v) is 1.83. The Morgan fingerprint density at radius 3 is 2.92 bits per heavy atom. The molecule has 1 fully saturated rings. The van der Waals surface area contributed by atoms with Crippen LogP contribution in [0.4, 0.5) is 4.39 Å². The molecule has 2 heteroatoms. The molecule has 0 unspecified atom stereocenters. The topological polar surface area (TPSA) is 12.0 Å². The number of hydrogen-bond donors (Lipinski definition) is 1. The molecule has 1 aromatic rings. The van der Waals surface area contributed by atoms with Gasteiger partial charge in [-0.15, -0.1) is 0 Å². The van der Waals surface area contributed by atoms with E-state index in [9.17, 15) is 4.39 Å². The molecule has 0 amide bonds. The monoisotopic (exact) mass is 179 g/mol. The molecule has 1 N–H and O–H groups in total. The minimum atomic E-state index is -1.13. The minimum absolute atomic E-state index is 0.455. The first kappa shape index (κ1) is 8.70. The van der Waals surface area contributed by atoms with Crippen LogP contribution >= 0.6 is 0 Å². The molecule has 1 heterocycles. The van der Waals surface area contributed by atoms with Crippen LogP contribution in [0.1, 0.15) is 17.5 Å². The van der Waals surface area contributed by atoms with E-state index >= 15 is 0 Å². The molecule has 1 aromatic carbocycles. The lowest BCUT2D eigenvalue weighted by atomic mass is 9.94. The summed E-state index contributed by atoms with van der Waals surface area (Å²) in [5.74, 6) is 0. The predicted molar refractivity (Wildman–Crippen MR) is 51.5 cm³/mol. The van der Waals surface area contributed by atoms with E-state index in [1.165, 1.54) is 0 Å². The van der Waals surface area contributed by atoms with Gasteiger partial charge in [0.15, 0.2) is 0 Å². The molecule has 0 radical (unpaired) electrons. The maximum atomic E-state index is 14.2. The summed E-state index contributed by atoms with van der Waals surface area (Å²) < 4.78 is 14.2. The van der Waals surface area contributed by atoms with Crippen LogP contribution in [0.3, 0.4) is 0 Å². The molecule has 1 aliphatic rings. The van der Waals surface area contributed by atoms with Gasteiger partial charge in [-0.2, -0.15) is 0 Å². The molecular formula is C11H14FN. The molecule has 1 atom stereocenters. The number of hydrogen-bond acceptors (Lipinski definition) is 1. The Bertz CT molecular complexity index is 303. The number of alkyl halides is 1. The van der Waals surface area contributed by atoms with E-state index in [-0.39, 0.29) is 0 Å². The summed E-state index contributed by atoms with van der Waals surface area (Å²) in [6.45, 7) is 3.23. The van der Waals surface area contributed by atoms with Gasteiger partial charge in [-0.05, 0) is 25.5 Å². The van der Waals surface area contributed by atoms with Crippen molar-refractivity contribution in [3.05, 3.63) is 35.4 Å². The molecule has 0 aliphatic carbocycles. The predicted octanol–water partition coefficient (Wildman–Crippen LogP) is 2.15. The van der Waals surface area contributed by atoms with Crippen molar-refractivity contribution in [3.8, 4) is 0 Å². The highest BCUT2D eigenvalue weighted by atomic mass is 19.1. The highest BCUT2D eigenvalue weighted by Gasteiger charge is 2.35. The van der Waals surface area contributed by atoms with Gasteiger partial charge in [0.05, 0.1) is 0 Å². The molecule has 70 valence electrons. The average molecular weight is 179 g/mol. The quantitative estimate of drug-likeness (QED) is 0.696. The smallest absolute Gasteiger partial charge is 0.149 e. The molecule has 2 rings (SSSR count). The Hall–Kier alpha value is -0.890. The Balaban J connectivity index is 2.33. The molecule has 0 saturated carbocycles. The lowest BCUT2D eigenvalue weighted by Gasteiger charge is -2.18. The Morgan fingerprint density at radius 1 is 1.46 bits per heavy atom. The van der Waals surface area contributed by atoms with Crippen LogP contribution in [0.5, 0.6) is 0 Å². The van der Waals surface area contributed by atoms with Crippen LogP contribution in [-0.4, -0.2) is 13.1 Å². The molecule has 1 saturated heterocycles. The van der Waals surface area contributed by atoms with Crippen molar-refractivity contribution in [2.75, 3.05) is 13.1 Å².